The Balaban J connectivity index is 4.03. The van der Waals surface area contributed by atoms with Gasteiger partial charge in [0, 0.05) is 86.9 Å². The van der Waals surface area contributed by atoms with E-state index >= 15 is 0 Å². The third kappa shape index (κ3) is 20.3. The molecule has 2 amide bonds. The number of nitrogens with zero attached hydrogens (tertiary/aromatic N) is 2. The first-order valence-corrected chi connectivity index (χ1v) is 23.7. The van der Waals surface area contributed by atoms with E-state index < -0.39 is 147 Å². The Morgan fingerprint density at radius 2 is 0.614 bits per heavy atom. The summed E-state index contributed by atoms with van der Waals surface area (Å²) in [6, 6.07) is 0. The summed E-state index contributed by atoms with van der Waals surface area (Å²) in [5.74, 6) is -11.2. The van der Waals surface area contributed by atoms with Crippen molar-refractivity contribution in [2.24, 2.45) is 0 Å². The Kier molecular flexibility index (Phi) is 26.3. The standard InChI is InChI=1S/C42H54I3N3O22/c1-17(49)61-15-29(65-21(5)53)39(69-25(9)57)37(67-23(7)55)27(63-19(3)51)13-47(11)41(59)31-33(43)32(35(45)36(46)34(31)44)42(60)48(12)14-28(64-20(4)52)38(68-24(8)56)40(70-26(10)58)30(66-22(6)54)16-62-18(2)50/h27-30,37-40H,13-16,46H2,1-12H3. The fraction of sp³-hybridized carbons (Fsp3) is 0.571. The Morgan fingerprint density at radius 1 is 0.386 bits per heavy atom. The van der Waals surface area contributed by atoms with E-state index in [1.54, 1.807) is 67.8 Å². The number of halogens is 3. The molecule has 0 aliphatic heterocycles. The third-order valence-electron chi connectivity index (χ3n) is 8.87. The highest BCUT2D eigenvalue weighted by Gasteiger charge is 2.47. The van der Waals surface area contributed by atoms with Crippen molar-refractivity contribution < 1.29 is 105 Å². The summed E-state index contributed by atoms with van der Waals surface area (Å²) in [5.41, 5.74) is 6.11. The molecule has 1 rings (SSSR count). The zero-order chi connectivity index (χ0) is 54.1. The van der Waals surface area contributed by atoms with E-state index in [1.165, 1.54) is 14.1 Å². The number of hydrogen-bond donors (Lipinski definition) is 1. The van der Waals surface area contributed by atoms with Crippen LogP contribution in [0.4, 0.5) is 5.69 Å². The van der Waals surface area contributed by atoms with E-state index in [0.29, 0.717) is 0 Å². The molecular weight excluding hydrogens is 1280 g/mol. The monoisotopic (exact) mass is 1330 g/mol. The Hall–Kier alpha value is -5.15. The van der Waals surface area contributed by atoms with Gasteiger partial charge in [0.15, 0.2) is 48.8 Å². The zero-order valence-electron chi connectivity index (χ0n) is 40.0. The zero-order valence-corrected chi connectivity index (χ0v) is 46.5. The molecule has 2 N–H and O–H groups in total. The van der Waals surface area contributed by atoms with Gasteiger partial charge in [-0.05, 0) is 67.8 Å². The van der Waals surface area contributed by atoms with E-state index in [-0.39, 0.29) is 27.5 Å². The molecule has 0 heterocycles. The smallest absolute Gasteiger partial charge is 0.303 e. The summed E-state index contributed by atoms with van der Waals surface area (Å²) in [6.45, 7) is 7.17. The summed E-state index contributed by atoms with van der Waals surface area (Å²) >= 11 is 5.27. The van der Waals surface area contributed by atoms with Crippen LogP contribution in [-0.2, 0) is 95.3 Å². The number of esters is 10. The Bertz CT molecular complexity index is 2040. The average molecular weight is 1330 g/mol. The lowest BCUT2D eigenvalue weighted by Gasteiger charge is -2.37. The summed E-state index contributed by atoms with van der Waals surface area (Å²) in [7, 11) is 2.48. The van der Waals surface area contributed by atoms with Crippen molar-refractivity contribution in [1.82, 2.24) is 9.80 Å². The van der Waals surface area contributed by atoms with Crippen LogP contribution in [0.25, 0.3) is 0 Å². The Labute approximate surface area is 442 Å². The van der Waals surface area contributed by atoms with Gasteiger partial charge < -0.3 is 62.9 Å². The van der Waals surface area contributed by atoms with Gasteiger partial charge in [0.05, 0.1) is 37.0 Å². The van der Waals surface area contributed by atoms with Crippen LogP contribution in [0.3, 0.4) is 0 Å². The first kappa shape index (κ1) is 62.9. The van der Waals surface area contributed by atoms with Gasteiger partial charge in [-0.15, -0.1) is 0 Å². The average Bonchev–Trinajstić information content (AvgIpc) is 3.21. The normalized spacial score (nSPS) is 14.2. The molecule has 0 fully saturated rings. The van der Waals surface area contributed by atoms with Crippen molar-refractivity contribution in [3.05, 3.63) is 21.8 Å². The van der Waals surface area contributed by atoms with Crippen LogP contribution in [0.2, 0.25) is 0 Å². The van der Waals surface area contributed by atoms with Gasteiger partial charge in [0.1, 0.15) is 13.2 Å². The highest BCUT2D eigenvalue weighted by atomic mass is 127. The van der Waals surface area contributed by atoms with Gasteiger partial charge in [-0.2, -0.15) is 0 Å². The number of benzene rings is 1. The minimum atomic E-state index is -1.83. The molecule has 0 saturated carbocycles. The maximum atomic E-state index is 14.6. The van der Waals surface area contributed by atoms with Crippen molar-refractivity contribution in [1.29, 1.82) is 0 Å². The van der Waals surface area contributed by atoms with Crippen LogP contribution >= 0.6 is 67.8 Å². The molecule has 1 aromatic rings. The molecule has 390 valence electrons. The van der Waals surface area contributed by atoms with Crippen LogP contribution in [0.5, 0.6) is 0 Å². The number of ether oxygens (including phenoxy) is 10. The minimum Gasteiger partial charge on any atom is -0.462 e. The second kappa shape index (κ2) is 29.3. The third-order valence-corrected chi connectivity index (χ3v) is 12.2. The van der Waals surface area contributed by atoms with Crippen LogP contribution < -0.4 is 5.73 Å². The van der Waals surface area contributed by atoms with Crippen LogP contribution in [0.1, 0.15) is 90.0 Å². The molecule has 0 saturated heterocycles. The largest absolute Gasteiger partial charge is 0.462 e. The molecule has 0 aromatic heterocycles. The van der Waals surface area contributed by atoms with Crippen molar-refractivity contribution in [2.75, 3.05) is 46.1 Å². The highest BCUT2D eigenvalue weighted by Crippen LogP contribution is 2.36. The molecule has 0 bridgehead atoms. The van der Waals surface area contributed by atoms with Crippen LogP contribution in [-0.4, -0.2) is 171 Å². The number of amides is 2. The van der Waals surface area contributed by atoms with E-state index in [4.69, 9.17) is 53.1 Å². The van der Waals surface area contributed by atoms with Gasteiger partial charge in [0.2, 0.25) is 0 Å². The lowest BCUT2D eigenvalue weighted by molar-refractivity contribution is -0.203. The predicted octanol–water partition coefficient (Wildman–Crippen LogP) is 1.81. The number of nitrogens with two attached hydrogens (primary N) is 1. The van der Waals surface area contributed by atoms with E-state index in [1.807, 2.05) is 0 Å². The second-order valence-corrected chi connectivity index (χ2v) is 18.2. The number of rotatable bonds is 24. The van der Waals surface area contributed by atoms with Crippen molar-refractivity contribution in [2.45, 2.75) is 118 Å². The highest BCUT2D eigenvalue weighted by molar-refractivity contribution is 14.1. The molecular formula is C42H54I3N3O22. The lowest BCUT2D eigenvalue weighted by atomic mass is 10.0. The van der Waals surface area contributed by atoms with E-state index in [2.05, 4.69) is 0 Å². The number of carbonyl (C=O) groups excluding carboxylic acids is 12. The van der Waals surface area contributed by atoms with E-state index in [9.17, 15) is 57.5 Å². The first-order valence-electron chi connectivity index (χ1n) is 20.4. The van der Waals surface area contributed by atoms with Crippen molar-refractivity contribution >= 4 is 145 Å². The maximum absolute atomic E-state index is 14.6. The number of carbonyl (C=O) groups is 12. The van der Waals surface area contributed by atoms with Gasteiger partial charge in [0.25, 0.3) is 11.8 Å². The number of anilines is 1. The van der Waals surface area contributed by atoms with Gasteiger partial charge in [-0.25, -0.2) is 0 Å². The quantitative estimate of drug-likeness (QED) is 0.0667. The predicted molar refractivity (Wildman–Crippen MR) is 261 cm³/mol. The summed E-state index contributed by atoms with van der Waals surface area (Å²) in [5, 5.41) is 0. The van der Waals surface area contributed by atoms with Crippen molar-refractivity contribution in [3.63, 3.8) is 0 Å². The van der Waals surface area contributed by atoms with Crippen molar-refractivity contribution in [3.8, 4) is 0 Å². The lowest BCUT2D eigenvalue weighted by Crippen LogP contribution is -2.56. The fourth-order valence-electron chi connectivity index (χ4n) is 6.39. The molecule has 0 aliphatic carbocycles. The molecule has 70 heavy (non-hydrogen) atoms. The summed E-state index contributed by atoms with van der Waals surface area (Å²) < 4.78 is 53.9. The van der Waals surface area contributed by atoms with Gasteiger partial charge in [-0.1, -0.05) is 0 Å². The SMILES string of the molecule is CC(=O)OCC(OC(C)=O)C(OC(C)=O)C(OC(C)=O)C(CN(C)C(=O)c1c(I)c(N)c(I)c(C(=O)N(C)CC(OC(C)=O)C(OC(C)=O)C(OC(C)=O)C(COC(C)=O)OC(C)=O)c1I)OC(C)=O. The summed E-state index contributed by atoms with van der Waals surface area (Å²) in [4.78, 5) is 154. The fourth-order valence-corrected chi connectivity index (χ4v) is 10.5. The molecule has 28 heteroatoms. The number of nitrogen functional groups attached to an aromatic ring is 1. The molecule has 1 aromatic carbocycles. The van der Waals surface area contributed by atoms with Crippen LogP contribution in [0, 0.1) is 10.7 Å². The molecule has 8 unspecified atom stereocenters. The maximum Gasteiger partial charge on any atom is 0.303 e. The van der Waals surface area contributed by atoms with E-state index in [0.717, 1.165) is 79.0 Å². The molecule has 0 spiro atoms. The Morgan fingerprint density at radius 3 is 0.843 bits per heavy atom. The van der Waals surface area contributed by atoms with Gasteiger partial charge >= 0.3 is 59.7 Å². The second-order valence-electron chi connectivity index (χ2n) is 15.0. The topological polar surface area (TPSA) is 330 Å². The molecule has 0 aliphatic rings. The molecule has 8 atom stereocenters. The van der Waals surface area contributed by atoms with Gasteiger partial charge in [-0.3, -0.25) is 57.5 Å². The first-order chi connectivity index (χ1) is 32.3. The van der Waals surface area contributed by atoms with Crippen LogP contribution in [0.15, 0.2) is 0 Å². The minimum absolute atomic E-state index is 0.00127. The number of hydrogen-bond acceptors (Lipinski definition) is 23. The number of likely N-dealkylation sites (N-methyl/N-ethyl adjacent to an activating group) is 2. The molecule has 25 nitrogen and oxygen atoms in total. The molecule has 0 radical (unpaired) electrons. The summed E-state index contributed by atoms with van der Waals surface area (Å²) in [6.07, 6.45) is -14.0.